The Morgan fingerprint density at radius 2 is 1.54 bits per heavy atom. The SMILES string of the molecule is COc1ccc(S(=O)(=O)NC(C)C(=O)ON2C(=O)c3ccccc3C2=O)cc1. The first kappa shape index (κ1) is 19.5. The molecular formula is C18H16N2O7S. The van der Waals surface area contributed by atoms with Gasteiger partial charge in [-0.05, 0) is 43.3 Å². The van der Waals surface area contributed by atoms with E-state index < -0.39 is 33.8 Å². The number of carbonyl (C=O) groups is 3. The maximum atomic E-state index is 12.4. The number of fused-ring (bicyclic) bond motifs is 1. The number of imide groups is 1. The van der Waals surface area contributed by atoms with E-state index in [2.05, 4.69) is 4.72 Å². The summed E-state index contributed by atoms with van der Waals surface area (Å²) in [5.74, 6) is -2.22. The molecule has 0 bridgehead atoms. The van der Waals surface area contributed by atoms with Crippen LogP contribution in [0, 0.1) is 0 Å². The van der Waals surface area contributed by atoms with Crippen LogP contribution < -0.4 is 9.46 Å². The summed E-state index contributed by atoms with van der Waals surface area (Å²) >= 11 is 0. The van der Waals surface area contributed by atoms with Crippen molar-refractivity contribution in [1.82, 2.24) is 9.79 Å². The van der Waals surface area contributed by atoms with Crippen LogP contribution in [0.2, 0.25) is 0 Å². The van der Waals surface area contributed by atoms with Crippen molar-refractivity contribution in [3.63, 3.8) is 0 Å². The van der Waals surface area contributed by atoms with Crippen LogP contribution in [0.5, 0.6) is 5.75 Å². The maximum absolute atomic E-state index is 12.4. The van der Waals surface area contributed by atoms with Gasteiger partial charge in [-0.3, -0.25) is 9.59 Å². The van der Waals surface area contributed by atoms with E-state index in [9.17, 15) is 22.8 Å². The summed E-state index contributed by atoms with van der Waals surface area (Å²) < 4.78 is 31.9. The molecule has 146 valence electrons. The molecule has 0 spiro atoms. The Labute approximate surface area is 160 Å². The zero-order valence-electron chi connectivity index (χ0n) is 14.9. The molecule has 0 saturated heterocycles. The molecule has 1 aliphatic rings. The number of nitrogens with zero attached hydrogens (tertiary/aromatic N) is 1. The van der Waals surface area contributed by atoms with Crippen molar-refractivity contribution in [2.45, 2.75) is 17.9 Å². The van der Waals surface area contributed by atoms with Crippen molar-refractivity contribution in [2.75, 3.05) is 7.11 Å². The third kappa shape index (κ3) is 3.59. The van der Waals surface area contributed by atoms with Gasteiger partial charge in [0.1, 0.15) is 11.8 Å². The number of carbonyl (C=O) groups excluding carboxylic acids is 3. The highest BCUT2D eigenvalue weighted by molar-refractivity contribution is 7.89. The van der Waals surface area contributed by atoms with Crippen molar-refractivity contribution >= 4 is 27.8 Å². The number of sulfonamides is 1. The molecule has 0 aromatic heterocycles. The fraction of sp³-hybridized carbons (Fsp3) is 0.167. The normalized spacial score (nSPS) is 14.6. The van der Waals surface area contributed by atoms with Gasteiger partial charge in [-0.15, -0.1) is 0 Å². The summed E-state index contributed by atoms with van der Waals surface area (Å²) in [6, 6.07) is 10.2. The first-order valence-corrected chi connectivity index (χ1v) is 9.59. The van der Waals surface area contributed by atoms with Crippen LogP contribution in [-0.2, 0) is 19.7 Å². The van der Waals surface area contributed by atoms with E-state index in [0.717, 1.165) is 0 Å². The van der Waals surface area contributed by atoms with Crippen molar-refractivity contribution in [2.24, 2.45) is 0 Å². The molecular weight excluding hydrogens is 388 g/mol. The molecule has 10 heteroatoms. The topological polar surface area (TPSA) is 119 Å². The summed E-state index contributed by atoms with van der Waals surface area (Å²) in [7, 11) is -2.60. The Kier molecular flexibility index (Phi) is 5.16. The van der Waals surface area contributed by atoms with Crippen molar-refractivity contribution in [3.05, 3.63) is 59.7 Å². The number of nitrogens with one attached hydrogen (secondary N) is 1. The molecule has 0 fully saturated rings. The van der Waals surface area contributed by atoms with Gasteiger partial charge in [0.15, 0.2) is 0 Å². The second kappa shape index (κ2) is 7.41. The molecule has 1 atom stereocenters. The molecule has 0 aliphatic carbocycles. The predicted octanol–water partition coefficient (Wildman–Crippen LogP) is 1.12. The van der Waals surface area contributed by atoms with Crippen LogP contribution in [0.3, 0.4) is 0 Å². The number of hydrogen-bond acceptors (Lipinski definition) is 7. The van der Waals surface area contributed by atoms with Crippen LogP contribution in [0.4, 0.5) is 0 Å². The minimum Gasteiger partial charge on any atom is -0.497 e. The van der Waals surface area contributed by atoms with Crippen LogP contribution in [0.25, 0.3) is 0 Å². The molecule has 28 heavy (non-hydrogen) atoms. The lowest BCUT2D eigenvalue weighted by atomic mass is 10.1. The van der Waals surface area contributed by atoms with Crippen LogP contribution in [0.15, 0.2) is 53.4 Å². The minimum absolute atomic E-state index is 0.0892. The maximum Gasteiger partial charge on any atom is 0.350 e. The molecule has 1 N–H and O–H groups in total. The smallest absolute Gasteiger partial charge is 0.350 e. The minimum atomic E-state index is -4.04. The predicted molar refractivity (Wildman–Crippen MR) is 95.8 cm³/mol. The van der Waals surface area contributed by atoms with Crippen LogP contribution >= 0.6 is 0 Å². The molecule has 2 amide bonds. The average Bonchev–Trinajstić information content (AvgIpc) is 2.93. The van der Waals surface area contributed by atoms with E-state index in [0.29, 0.717) is 10.8 Å². The molecule has 1 unspecified atom stereocenters. The zero-order valence-corrected chi connectivity index (χ0v) is 15.7. The lowest BCUT2D eigenvalue weighted by molar-refractivity contribution is -0.170. The number of ether oxygens (including phenoxy) is 1. The van der Waals surface area contributed by atoms with Crippen LogP contribution in [0.1, 0.15) is 27.6 Å². The molecule has 1 heterocycles. The number of benzene rings is 2. The lowest BCUT2D eigenvalue weighted by Crippen LogP contribution is -2.43. The van der Waals surface area contributed by atoms with Gasteiger partial charge in [-0.1, -0.05) is 17.2 Å². The number of rotatable bonds is 6. The van der Waals surface area contributed by atoms with Gasteiger partial charge in [-0.2, -0.15) is 4.72 Å². The summed E-state index contributed by atoms with van der Waals surface area (Å²) in [6.07, 6.45) is 0. The van der Waals surface area contributed by atoms with E-state index >= 15 is 0 Å². The Hall–Kier alpha value is -3.24. The van der Waals surface area contributed by atoms with Gasteiger partial charge in [0, 0.05) is 0 Å². The first-order chi connectivity index (χ1) is 13.2. The summed E-state index contributed by atoms with van der Waals surface area (Å²) in [5, 5.41) is 0.325. The lowest BCUT2D eigenvalue weighted by Gasteiger charge is -2.17. The highest BCUT2D eigenvalue weighted by Crippen LogP contribution is 2.23. The van der Waals surface area contributed by atoms with Gasteiger partial charge < -0.3 is 9.57 Å². The number of methoxy groups -OCH3 is 1. The largest absolute Gasteiger partial charge is 0.497 e. The van der Waals surface area contributed by atoms with Crippen molar-refractivity contribution in [1.29, 1.82) is 0 Å². The number of amides is 2. The summed E-state index contributed by atoms with van der Waals surface area (Å²) in [4.78, 5) is 41.4. The van der Waals surface area contributed by atoms with E-state index in [1.165, 1.54) is 50.4 Å². The zero-order chi connectivity index (χ0) is 20.5. The van der Waals surface area contributed by atoms with Gasteiger partial charge in [0.25, 0.3) is 11.8 Å². The first-order valence-electron chi connectivity index (χ1n) is 8.10. The molecule has 1 aliphatic heterocycles. The number of hydroxylamine groups is 2. The Bertz CT molecular complexity index is 1010. The second-order valence-corrected chi connectivity index (χ2v) is 7.59. The fourth-order valence-electron chi connectivity index (χ4n) is 2.52. The second-order valence-electron chi connectivity index (χ2n) is 5.88. The fourth-order valence-corrected chi connectivity index (χ4v) is 3.71. The van der Waals surface area contributed by atoms with Crippen molar-refractivity contribution in [3.8, 4) is 5.75 Å². The monoisotopic (exact) mass is 404 g/mol. The Morgan fingerprint density at radius 3 is 2.04 bits per heavy atom. The standard InChI is InChI=1S/C18H16N2O7S/c1-11(19-28(24,25)13-9-7-12(26-2)8-10-13)18(23)27-20-16(21)14-5-3-4-6-15(14)17(20)22/h3-11,19H,1-2H3. The molecule has 9 nitrogen and oxygen atoms in total. The molecule has 0 radical (unpaired) electrons. The van der Waals surface area contributed by atoms with E-state index in [1.807, 2.05) is 0 Å². The quantitative estimate of drug-likeness (QED) is 0.717. The highest BCUT2D eigenvalue weighted by atomic mass is 32.2. The molecule has 0 saturated carbocycles. The Morgan fingerprint density at radius 1 is 1.00 bits per heavy atom. The molecule has 2 aromatic carbocycles. The van der Waals surface area contributed by atoms with Gasteiger partial charge in [-0.25, -0.2) is 13.2 Å². The van der Waals surface area contributed by atoms with Crippen molar-refractivity contribution < 1.29 is 32.4 Å². The van der Waals surface area contributed by atoms with Crippen LogP contribution in [-0.4, -0.2) is 44.4 Å². The van der Waals surface area contributed by atoms with Gasteiger partial charge in [0.2, 0.25) is 10.0 Å². The molecule has 3 rings (SSSR count). The number of hydrogen-bond donors (Lipinski definition) is 1. The van der Waals surface area contributed by atoms with E-state index in [4.69, 9.17) is 9.57 Å². The van der Waals surface area contributed by atoms with E-state index in [-0.39, 0.29) is 16.0 Å². The third-order valence-corrected chi connectivity index (χ3v) is 5.55. The molecule has 2 aromatic rings. The van der Waals surface area contributed by atoms with Gasteiger partial charge >= 0.3 is 5.97 Å². The third-order valence-electron chi connectivity index (χ3n) is 3.99. The Balaban J connectivity index is 1.69. The average molecular weight is 404 g/mol. The summed E-state index contributed by atoms with van der Waals surface area (Å²) in [6.45, 7) is 1.24. The summed E-state index contributed by atoms with van der Waals surface area (Å²) in [5.41, 5.74) is 0.207. The highest BCUT2D eigenvalue weighted by Gasteiger charge is 2.39. The van der Waals surface area contributed by atoms with E-state index in [1.54, 1.807) is 12.1 Å². The van der Waals surface area contributed by atoms with Gasteiger partial charge in [0.05, 0.1) is 23.1 Å².